The van der Waals surface area contributed by atoms with E-state index < -0.39 is 0 Å². The number of benzene rings is 2. The highest BCUT2D eigenvalue weighted by molar-refractivity contribution is 7.71. The molecule has 0 radical (unpaired) electrons. The second-order valence-electron chi connectivity index (χ2n) is 4.92. The molecule has 6 nitrogen and oxygen atoms in total. The molecule has 0 atom stereocenters. The van der Waals surface area contributed by atoms with E-state index in [1.54, 1.807) is 24.9 Å². The summed E-state index contributed by atoms with van der Waals surface area (Å²) in [6, 6.07) is 15.1. The van der Waals surface area contributed by atoms with Gasteiger partial charge in [-0.15, -0.1) is 0 Å². The number of para-hydroxylation sites is 1. The summed E-state index contributed by atoms with van der Waals surface area (Å²) in [5.74, 6) is 2.74. The van der Waals surface area contributed by atoms with Crippen molar-refractivity contribution < 1.29 is 14.2 Å². The van der Waals surface area contributed by atoms with Gasteiger partial charge >= 0.3 is 0 Å². The largest absolute Gasteiger partial charge is 0.497 e. The maximum absolute atomic E-state index is 5.77. The first-order valence-corrected chi connectivity index (χ1v) is 7.70. The Morgan fingerprint density at radius 2 is 1.83 bits per heavy atom. The highest BCUT2D eigenvalue weighted by Crippen LogP contribution is 2.29. The van der Waals surface area contributed by atoms with Crippen molar-refractivity contribution in [3.63, 3.8) is 0 Å². The number of ether oxygens (including phenoxy) is 3. The molecule has 1 N–H and O–H groups in total. The van der Waals surface area contributed by atoms with Crippen molar-refractivity contribution in [2.24, 2.45) is 0 Å². The molecule has 7 heteroatoms. The van der Waals surface area contributed by atoms with Gasteiger partial charge < -0.3 is 14.2 Å². The summed E-state index contributed by atoms with van der Waals surface area (Å²) >= 11 is 5.36. The van der Waals surface area contributed by atoms with Gasteiger partial charge in [-0.25, -0.2) is 0 Å². The Bertz CT molecular complexity index is 874. The van der Waals surface area contributed by atoms with Crippen LogP contribution in [-0.2, 0) is 6.61 Å². The lowest BCUT2D eigenvalue weighted by Crippen LogP contribution is -2.07. The maximum Gasteiger partial charge on any atom is 0.200 e. The van der Waals surface area contributed by atoms with Crippen LogP contribution in [0.3, 0.4) is 0 Å². The van der Waals surface area contributed by atoms with E-state index in [9.17, 15) is 0 Å². The number of nitrogens with one attached hydrogen (secondary N) is 1. The van der Waals surface area contributed by atoms with Crippen LogP contribution < -0.4 is 14.2 Å². The molecule has 0 aliphatic heterocycles. The molecule has 0 saturated heterocycles. The summed E-state index contributed by atoms with van der Waals surface area (Å²) in [6.07, 6.45) is 0. The maximum atomic E-state index is 5.77. The fraction of sp³-hybridized carbons (Fsp3) is 0.176. The number of rotatable bonds is 6. The van der Waals surface area contributed by atoms with Gasteiger partial charge in [0.15, 0.2) is 10.6 Å². The van der Waals surface area contributed by atoms with Crippen LogP contribution in [0, 0.1) is 4.77 Å². The molecule has 0 amide bonds. The average molecular weight is 343 g/mol. The fourth-order valence-corrected chi connectivity index (χ4v) is 2.56. The van der Waals surface area contributed by atoms with Crippen LogP contribution in [-0.4, -0.2) is 29.0 Å². The lowest BCUT2D eigenvalue weighted by Gasteiger charge is -2.13. The lowest BCUT2D eigenvalue weighted by molar-refractivity contribution is 0.293. The van der Waals surface area contributed by atoms with E-state index in [1.807, 2.05) is 42.5 Å². The SMILES string of the molecule is COc1ccc(-n2c(COc3ccccc3)n[nH]c2=S)c(OC)c1. The Morgan fingerprint density at radius 3 is 2.54 bits per heavy atom. The molecule has 2 aromatic carbocycles. The summed E-state index contributed by atoms with van der Waals surface area (Å²) in [7, 11) is 3.21. The van der Waals surface area contributed by atoms with Gasteiger partial charge in [-0.05, 0) is 36.5 Å². The number of hydrogen-bond donors (Lipinski definition) is 1. The molecule has 0 aliphatic carbocycles. The number of methoxy groups -OCH3 is 2. The van der Waals surface area contributed by atoms with Gasteiger partial charge in [-0.1, -0.05) is 18.2 Å². The van der Waals surface area contributed by atoms with Crippen molar-refractivity contribution >= 4 is 12.2 Å². The Morgan fingerprint density at radius 1 is 1.04 bits per heavy atom. The van der Waals surface area contributed by atoms with Gasteiger partial charge in [0.2, 0.25) is 0 Å². The summed E-state index contributed by atoms with van der Waals surface area (Å²) < 4.78 is 18.7. The van der Waals surface area contributed by atoms with Gasteiger partial charge in [0.25, 0.3) is 0 Å². The van der Waals surface area contributed by atoms with Crippen molar-refractivity contribution in [2.75, 3.05) is 14.2 Å². The van der Waals surface area contributed by atoms with Gasteiger partial charge in [0, 0.05) is 6.07 Å². The molecule has 0 bridgehead atoms. The molecule has 0 unspecified atom stereocenters. The molecule has 3 rings (SSSR count). The van der Waals surface area contributed by atoms with Crippen molar-refractivity contribution in [1.29, 1.82) is 0 Å². The average Bonchev–Trinajstić information content (AvgIpc) is 3.00. The van der Waals surface area contributed by atoms with E-state index >= 15 is 0 Å². The van der Waals surface area contributed by atoms with E-state index in [2.05, 4.69) is 10.2 Å². The van der Waals surface area contributed by atoms with E-state index in [0.717, 1.165) is 11.4 Å². The molecule has 124 valence electrons. The van der Waals surface area contributed by atoms with Crippen LogP contribution in [0.2, 0.25) is 0 Å². The highest BCUT2D eigenvalue weighted by atomic mass is 32.1. The Balaban J connectivity index is 1.94. The zero-order valence-corrected chi connectivity index (χ0v) is 14.2. The molecule has 1 aromatic heterocycles. The zero-order valence-electron chi connectivity index (χ0n) is 13.4. The number of H-pyrrole nitrogens is 1. The summed E-state index contributed by atoms with van der Waals surface area (Å²) in [5.41, 5.74) is 0.767. The van der Waals surface area contributed by atoms with Crippen LogP contribution in [0.15, 0.2) is 48.5 Å². The van der Waals surface area contributed by atoms with Crippen molar-refractivity contribution in [3.05, 3.63) is 59.1 Å². The van der Waals surface area contributed by atoms with Crippen LogP contribution >= 0.6 is 12.2 Å². The first kappa shape index (κ1) is 16.1. The zero-order chi connectivity index (χ0) is 16.9. The Hall–Kier alpha value is -2.80. The third-order valence-corrected chi connectivity index (χ3v) is 3.75. The van der Waals surface area contributed by atoms with Crippen molar-refractivity contribution in [1.82, 2.24) is 14.8 Å². The van der Waals surface area contributed by atoms with E-state index in [0.29, 0.717) is 22.1 Å². The first-order chi connectivity index (χ1) is 11.7. The molecular formula is C17H17N3O3S. The van der Waals surface area contributed by atoms with Gasteiger partial charge in [-0.2, -0.15) is 5.10 Å². The molecule has 0 fully saturated rings. The summed E-state index contributed by atoms with van der Waals surface area (Å²) in [6.45, 7) is 0.270. The monoisotopic (exact) mass is 343 g/mol. The smallest absolute Gasteiger partial charge is 0.200 e. The van der Waals surface area contributed by atoms with E-state index in [-0.39, 0.29) is 6.61 Å². The molecule has 0 spiro atoms. The first-order valence-electron chi connectivity index (χ1n) is 7.29. The minimum Gasteiger partial charge on any atom is -0.497 e. The lowest BCUT2D eigenvalue weighted by atomic mass is 10.2. The minimum atomic E-state index is 0.270. The second-order valence-corrected chi connectivity index (χ2v) is 5.31. The molecule has 24 heavy (non-hydrogen) atoms. The summed E-state index contributed by atoms with van der Waals surface area (Å²) in [4.78, 5) is 0. The number of hydrogen-bond acceptors (Lipinski definition) is 5. The number of aromatic amines is 1. The van der Waals surface area contributed by atoms with E-state index in [1.165, 1.54) is 0 Å². The van der Waals surface area contributed by atoms with Crippen LogP contribution in [0.4, 0.5) is 0 Å². The Labute approximate surface area is 144 Å². The van der Waals surface area contributed by atoms with Crippen LogP contribution in [0.5, 0.6) is 17.2 Å². The minimum absolute atomic E-state index is 0.270. The van der Waals surface area contributed by atoms with Crippen LogP contribution in [0.25, 0.3) is 5.69 Å². The normalized spacial score (nSPS) is 10.4. The third kappa shape index (κ3) is 3.26. The van der Waals surface area contributed by atoms with E-state index in [4.69, 9.17) is 26.4 Å². The molecule has 0 aliphatic rings. The molecule has 1 heterocycles. The summed E-state index contributed by atoms with van der Waals surface area (Å²) in [5, 5.41) is 7.06. The fourth-order valence-electron chi connectivity index (χ4n) is 2.31. The standard InChI is InChI=1S/C17H17N3O3S/c1-21-13-8-9-14(15(10-13)22-2)20-16(18-19-17(20)24)11-23-12-6-4-3-5-7-12/h3-10H,11H2,1-2H3,(H,19,24). The topological polar surface area (TPSA) is 61.3 Å². The van der Waals surface area contributed by atoms with Gasteiger partial charge in [-0.3, -0.25) is 9.67 Å². The second kappa shape index (κ2) is 7.18. The highest BCUT2D eigenvalue weighted by Gasteiger charge is 2.14. The molecule has 0 saturated carbocycles. The van der Waals surface area contributed by atoms with Gasteiger partial charge in [0.05, 0.1) is 19.9 Å². The quantitative estimate of drug-likeness (QED) is 0.694. The van der Waals surface area contributed by atoms with Crippen LogP contribution in [0.1, 0.15) is 5.82 Å². The number of nitrogens with zero attached hydrogens (tertiary/aromatic N) is 2. The van der Waals surface area contributed by atoms with Crippen molar-refractivity contribution in [3.8, 4) is 22.9 Å². The third-order valence-electron chi connectivity index (χ3n) is 3.48. The molecular weight excluding hydrogens is 326 g/mol. The van der Waals surface area contributed by atoms with Crippen molar-refractivity contribution in [2.45, 2.75) is 6.61 Å². The Kier molecular flexibility index (Phi) is 4.81. The predicted molar refractivity (Wildman–Crippen MR) is 92.6 cm³/mol. The molecule has 3 aromatic rings. The number of aromatic nitrogens is 3. The predicted octanol–water partition coefficient (Wildman–Crippen LogP) is 3.53. The van der Waals surface area contributed by atoms with Gasteiger partial charge in [0.1, 0.15) is 23.9 Å².